The molecule has 24 heavy (non-hydrogen) atoms. The van der Waals surface area contributed by atoms with E-state index in [1.54, 1.807) is 18.2 Å². The Kier molecular flexibility index (Phi) is 5.50. The first-order valence-electron chi connectivity index (χ1n) is 8.19. The Bertz CT molecular complexity index is 716. The van der Waals surface area contributed by atoms with Crippen molar-refractivity contribution in [1.82, 2.24) is 14.8 Å². The number of aromatic nitrogens is 3. The highest BCUT2D eigenvalue weighted by atomic mass is 32.2. The lowest BCUT2D eigenvalue weighted by atomic mass is 10.2. The molecule has 0 aliphatic heterocycles. The van der Waals surface area contributed by atoms with E-state index in [9.17, 15) is 9.18 Å². The monoisotopic (exact) mass is 349 g/mol. The van der Waals surface area contributed by atoms with Gasteiger partial charge in [0.05, 0.1) is 17.9 Å². The molecule has 3 rings (SSSR count). The summed E-state index contributed by atoms with van der Waals surface area (Å²) in [6.45, 7) is 2.50. The number of benzene rings is 1. The third kappa shape index (κ3) is 3.95. The van der Waals surface area contributed by atoms with Gasteiger partial charge in [0.1, 0.15) is 5.82 Å². The van der Waals surface area contributed by atoms with Crippen molar-refractivity contribution in [3.8, 4) is 11.4 Å². The van der Waals surface area contributed by atoms with Crippen LogP contribution in [0.15, 0.2) is 29.4 Å². The van der Waals surface area contributed by atoms with Gasteiger partial charge in [0.2, 0.25) is 0 Å². The van der Waals surface area contributed by atoms with E-state index in [4.69, 9.17) is 4.74 Å². The Morgan fingerprint density at radius 2 is 2.17 bits per heavy atom. The van der Waals surface area contributed by atoms with Gasteiger partial charge >= 0.3 is 5.97 Å². The van der Waals surface area contributed by atoms with Gasteiger partial charge in [-0.05, 0) is 31.4 Å². The number of hydrogen-bond donors (Lipinski definition) is 0. The molecule has 1 aliphatic carbocycles. The lowest BCUT2D eigenvalue weighted by Crippen LogP contribution is -2.09. The average Bonchev–Trinajstić information content (AvgIpc) is 3.33. The summed E-state index contributed by atoms with van der Waals surface area (Å²) in [5.41, 5.74) is 0.439. The van der Waals surface area contributed by atoms with Crippen LogP contribution in [0.5, 0.6) is 0 Å². The van der Waals surface area contributed by atoms with Crippen molar-refractivity contribution in [2.45, 2.75) is 43.8 Å². The Morgan fingerprint density at radius 3 is 2.88 bits per heavy atom. The molecule has 2 aromatic rings. The number of thioether (sulfide) groups is 1. The van der Waals surface area contributed by atoms with Crippen molar-refractivity contribution < 1.29 is 13.9 Å². The van der Waals surface area contributed by atoms with E-state index in [2.05, 4.69) is 10.2 Å². The Hall–Kier alpha value is -1.89. The van der Waals surface area contributed by atoms with Crippen molar-refractivity contribution in [2.75, 3.05) is 12.4 Å². The number of nitrogens with zero attached hydrogens (tertiary/aromatic N) is 3. The smallest absolute Gasteiger partial charge is 0.316 e. The quantitative estimate of drug-likeness (QED) is 0.411. The van der Waals surface area contributed by atoms with E-state index < -0.39 is 0 Å². The van der Waals surface area contributed by atoms with Crippen LogP contribution in [0.1, 0.15) is 38.6 Å². The average molecular weight is 349 g/mol. The fourth-order valence-electron chi connectivity index (χ4n) is 2.36. The largest absolute Gasteiger partial charge is 0.465 e. The first-order chi connectivity index (χ1) is 11.7. The molecule has 0 saturated heterocycles. The molecule has 1 aromatic carbocycles. The van der Waals surface area contributed by atoms with Crippen molar-refractivity contribution in [2.24, 2.45) is 0 Å². The third-order valence-corrected chi connectivity index (χ3v) is 4.69. The van der Waals surface area contributed by atoms with Crippen molar-refractivity contribution in [3.05, 3.63) is 30.1 Å². The molecule has 1 fully saturated rings. The van der Waals surface area contributed by atoms with Crippen molar-refractivity contribution in [3.63, 3.8) is 0 Å². The highest BCUT2D eigenvalue weighted by Gasteiger charge is 2.31. The molecular weight excluding hydrogens is 329 g/mol. The van der Waals surface area contributed by atoms with Gasteiger partial charge in [-0.15, -0.1) is 10.2 Å². The molecule has 0 unspecified atom stereocenters. The maximum atomic E-state index is 14.1. The number of esters is 1. The summed E-state index contributed by atoms with van der Waals surface area (Å²) in [6.07, 6.45) is 3.90. The van der Waals surface area contributed by atoms with Gasteiger partial charge in [0.25, 0.3) is 0 Å². The topological polar surface area (TPSA) is 57.0 Å². The van der Waals surface area contributed by atoms with Crippen LogP contribution in [0.4, 0.5) is 4.39 Å². The highest BCUT2D eigenvalue weighted by molar-refractivity contribution is 7.99. The predicted molar refractivity (Wildman–Crippen MR) is 90.3 cm³/mol. The normalized spacial score (nSPS) is 13.9. The minimum Gasteiger partial charge on any atom is -0.465 e. The number of halogens is 1. The number of hydrogen-bond acceptors (Lipinski definition) is 5. The number of carbonyl (C=O) groups is 1. The summed E-state index contributed by atoms with van der Waals surface area (Å²) in [5.74, 6) is 0.136. The van der Waals surface area contributed by atoms with E-state index in [1.165, 1.54) is 17.8 Å². The molecule has 128 valence electrons. The lowest BCUT2D eigenvalue weighted by Gasteiger charge is -2.09. The zero-order valence-electron chi connectivity index (χ0n) is 13.6. The maximum Gasteiger partial charge on any atom is 0.316 e. The molecule has 0 spiro atoms. The van der Waals surface area contributed by atoms with Crippen molar-refractivity contribution >= 4 is 17.7 Å². The first-order valence-corrected chi connectivity index (χ1v) is 9.17. The molecule has 7 heteroatoms. The van der Waals surface area contributed by atoms with Gasteiger partial charge in [0.15, 0.2) is 11.0 Å². The van der Waals surface area contributed by atoms with Crippen LogP contribution in [-0.4, -0.2) is 33.1 Å². The summed E-state index contributed by atoms with van der Waals surface area (Å²) >= 11 is 1.30. The molecule has 1 aliphatic rings. The van der Waals surface area contributed by atoms with Crippen LogP contribution >= 0.6 is 11.8 Å². The van der Waals surface area contributed by atoms with Crippen LogP contribution < -0.4 is 0 Å². The number of carbonyl (C=O) groups excluding carboxylic acids is 1. The Labute approximate surface area is 144 Å². The molecule has 1 saturated carbocycles. The standard InChI is InChI=1S/C17H20FN3O2S/c1-2-3-10-23-15(22)11-24-17-20-19-16(21(17)12-8-9-12)13-6-4-5-7-14(13)18/h4-7,12H,2-3,8-11H2,1H3. The van der Waals surface area contributed by atoms with E-state index in [-0.39, 0.29) is 23.6 Å². The summed E-state index contributed by atoms with van der Waals surface area (Å²) < 4.78 is 21.2. The minimum absolute atomic E-state index is 0.186. The van der Waals surface area contributed by atoms with Crippen LogP contribution in [-0.2, 0) is 9.53 Å². The van der Waals surface area contributed by atoms with Crippen LogP contribution in [0.25, 0.3) is 11.4 Å². The predicted octanol–water partition coefficient (Wildman–Crippen LogP) is 3.85. The first kappa shape index (κ1) is 17.0. The number of unbranched alkanes of at least 4 members (excludes halogenated alkanes) is 1. The summed E-state index contributed by atoms with van der Waals surface area (Å²) in [6, 6.07) is 6.83. The van der Waals surface area contributed by atoms with E-state index in [1.807, 2.05) is 11.5 Å². The van der Waals surface area contributed by atoms with Gasteiger partial charge in [-0.25, -0.2) is 4.39 Å². The molecule has 5 nitrogen and oxygen atoms in total. The minimum atomic E-state index is -0.317. The molecule has 0 atom stereocenters. The highest BCUT2D eigenvalue weighted by Crippen LogP contribution is 2.41. The van der Waals surface area contributed by atoms with Gasteiger partial charge in [-0.3, -0.25) is 9.36 Å². The van der Waals surface area contributed by atoms with E-state index in [0.717, 1.165) is 25.7 Å². The molecule has 0 bridgehead atoms. The molecule has 0 radical (unpaired) electrons. The number of ether oxygens (including phenoxy) is 1. The maximum absolute atomic E-state index is 14.1. The van der Waals surface area contributed by atoms with Gasteiger partial charge in [-0.1, -0.05) is 37.2 Å². The zero-order chi connectivity index (χ0) is 16.9. The lowest BCUT2D eigenvalue weighted by molar-refractivity contribution is -0.140. The SMILES string of the molecule is CCCCOC(=O)CSc1nnc(-c2ccccc2F)n1C1CC1. The summed E-state index contributed by atoms with van der Waals surface area (Å²) in [4.78, 5) is 11.8. The van der Waals surface area contributed by atoms with Crippen molar-refractivity contribution in [1.29, 1.82) is 0 Å². The van der Waals surface area contributed by atoms with Crippen LogP contribution in [0.3, 0.4) is 0 Å². The molecule has 1 aromatic heterocycles. The van der Waals surface area contributed by atoms with Gasteiger partial charge < -0.3 is 4.74 Å². The summed E-state index contributed by atoms with van der Waals surface area (Å²) in [7, 11) is 0. The second-order valence-electron chi connectivity index (χ2n) is 5.75. The van der Waals surface area contributed by atoms with E-state index in [0.29, 0.717) is 23.2 Å². The second-order valence-corrected chi connectivity index (χ2v) is 6.69. The fourth-order valence-corrected chi connectivity index (χ4v) is 3.16. The van der Waals surface area contributed by atoms with Crippen LogP contribution in [0.2, 0.25) is 0 Å². The molecular formula is C17H20FN3O2S. The molecule has 0 amide bonds. The molecule has 1 heterocycles. The zero-order valence-corrected chi connectivity index (χ0v) is 14.4. The van der Waals surface area contributed by atoms with Gasteiger partial charge in [0, 0.05) is 6.04 Å². The number of rotatable bonds is 8. The molecule has 0 N–H and O–H groups in total. The second kappa shape index (κ2) is 7.79. The van der Waals surface area contributed by atoms with Gasteiger partial charge in [-0.2, -0.15) is 0 Å². The third-order valence-electron chi connectivity index (χ3n) is 3.77. The van der Waals surface area contributed by atoms with E-state index >= 15 is 0 Å². The fraction of sp³-hybridized carbons (Fsp3) is 0.471. The Balaban J connectivity index is 1.73. The summed E-state index contributed by atoms with van der Waals surface area (Å²) in [5, 5.41) is 8.97. The van der Waals surface area contributed by atoms with Crippen LogP contribution in [0, 0.1) is 5.82 Å². The Morgan fingerprint density at radius 1 is 1.38 bits per heavy atom.